The summed E-state index contributed by atoms with van der Waals surface area (Å²) < 4.78 is 5.06. The molecule has 0 aliphatic rings. The summed E-state index contributed by atoms with van der Waals surface area (Å²) in [7, 11) is 0. The molecule has 120 valence electrons. The Labute approximate surface area is 144 Å². The number of halogens is 1. The van der Waals surface area contributed by atoms with Crippen molar-refractivity contribution >= 4 is 40.1 Å². The molecular weight excluding hydrogens is 332 g/mol. The number of carbonyl (C=O) groups is 1. The Morgan fingerprint density at radius 3 is 2.43 bits per heavy atom. The molecule has 0 heterocycles. The van der Waals surface area contributed by atoms with E-state index in [-0.39, 0.29) is 5.04 Å². The zero-order valence-electron chi connectivity index (χ0n) is 12.9. The van der Waals surface area contributed by atoms with Gasteiger partial charge in [0, 0.05) is 9.92 Å². The van der Waals surface area contributed by atoms with Gasteiger partial charge in [0.05, 0.1) is 12.3 Å². The van der Waals surface area contributed by atoms with E-state index in [2.05, 4.69) is 10.5 Å². The molecule has 0 radical (unpaired) electrons. The minimum absolute atomic E-state index is 0.241. The summed E-state index contributed by atoms with van der Waals surface area (Å²) in [6.07, 6.45) is 0. The largest absolute Gasteiger partial charge is 0.461 e. The van der Waals surface area contributed by atoms with Crippen LogP contribution in [-0.4, -0.2) is 17.6 Å². The van der Waals surface area contributed by atoms with Crippen molar-refractivity contribution in [1.29, 1.82) is 0 Å². The maximum absolute atomic E-state index is 12.1. The average Bonchev–Trinajstić information content (AvgIpc) is 2.55. The van der Waals surface area contributed by atoms with Crippen molar-refractivity contribution in [3.63, 3.8) is 0 Å². The van der Waals surface area contributed by atoms with Crippen molar-refractivity contribution in [2.75, 3.05) is 12.0 Å². The molecule has 6 heteroatoms. The number of hydrazone groups is 1. The van der Waals surface area contributed by atoms with Crippen LogP contribution in [0, 0.1) is 6.92 Å². The summed E-state index contributed by atoms with van der Waals surface area (Å²) in [5, 5.41) is 5.05. The van der Waals surface area contributed by atoms with E-state index in [1.807, 2.05) is 31.2 Å². The first kappa shape index (κ1) is 17.4. The van der Waals surface area contributed by atoms with Crippen molar-refractivity contribution < 1.29 is 9.53 Å². The number of hydrogen-bond acceptors (Lipinski definition) is 5. The third-order valence-electron chi connectivity index (χ3n) is 2.82. The smallest absolute Gasteiger partial charge is 0.365 e. The highest BCUT2D eigenvalue weighted by Crippen LogP contribution is 2.21. The number of rotatable bonds is 4. The van der Waals surface area contributed by atoms with E-state index < -0.39 is 5.97 Å². The fourth-order valence-corrected chi connectivity index (χ4v) is 2.52. The van der Waals surface area contributed by atoms with E-state index in [0.717, 1.165) is 16.1 Å². The SMILES string of the molecule is CCOC(=O)/C(=N\Nc1ccc(Cl)cc1)Sc1ccc(C)cc1. The van der Waals surface area contributed by atoms with Crippen LogP contribution in [0.25, 0.3) is 0 Å². The van der Waals surface area contributed by atoms with E-state index in [1.165, 1.54) is 11.8 Å². The normalized spacial score (nSPS) is 11.2. The van der Waals surface area contributed by atoms with Crippen LogP contribution >= 0.6 is 23.4 Å². The van der Waals surface area contributed by atoms with E-state index >= 15 is 0 Å². The van der Waals surface area contributed by atoms with Gasteiger partial charge in [-0.25, -0.2) is 4.79 Å². The van der Waals surface area contributed by atoms with Gasteiger partial charge in [-0.15, -0.1) is 0 Å². The number of ether oxygens (including phenoxy) is 1. The van der Waals surface area contributed by atoms with Crippen molar-refractivity contribution in [3.8, 4) is 0 Å². The summed E-state index contributed by atoms with van der Waals surface area (Å²) in [5.41, 5.74) is 4.74. The lowest BCUT2D eigenvalue weighted by Crippen LogP contribution is -2.16. The van der Waals surface area contributed by atoms with Gasteiger partial charge >= 0.3 is 5.97 Å². The van der Waals surface area contributed by atoms with Gasteiger partial charge in [-0.1, -0.05) is 41.1 Å². The fraction of sp³-hybridized carbons (Fsp3) is 0.176. The zero-order chi connectivity index (χ0) is 16.7. The molecule has 0 saturated carbocycles. The third-order valence-corrected chi connectivity index (χ3v) is 4.03. The number of aryl methyl sites for hydroxylation is 1. The molecule has 0 aromatic heterocycles. The molecule has 0 saturated heterocycles. The molecule has 0 spiro atoms. The van der Waals surface area contributed by atoms with Crippen molar-refractivity contribution in [2.45, 2.75) is 18.7 Å². The van der Waals surface area contributed by atoms with Gasteiger partial charge in [-0.05, 0) is 50.2 Å². The van der Waals surface area contributed by atoms with Crippen LogP contribution in [0.5, 0.6) is 0 Å². The van der Waals surface area contributed by atoms with E-state index in [0.29, 0.717) is 11.6 Å². The van der Waals surface area contributed by atoms with Crippen LogP contribution in [0.2, 0.25) is 5.02 Å². The fourth-order valence-electron chi connectivity index (χ4n) is 1.66. The maximum Gasteiger partial charge on any atom is 0.365 e. The van der Waals surface area contributed by atoms with E-state index in [4.69, 9.17) is 16.3 Å². The minimum atomic E-state index is -0.459. The lowest BCUT2D eigenvalue weighted by molar-refractivity contribution is -0.134. The van der Waals surface area contributed by atoms with Gasteiger partial charge in [-0.3, -0.25) is 5.43 Å². The number of hydrogen-bond donors (Lipinski definition) is 1. The second kappa shape index (κ2) is 8.60. The molecular formula is C17H17ClN2O2S. The molecule has 0 amide bonds. The molecule has 0 atom stereocenters. The topological polar surface area (TPSA) is 50.7 Å². The van der Waals surface area contributed by atoms with Gasteiger partial charge < -0.3 is 4.74 Å². The molecule has 1 N–H and O–H groups in total. The Kier molecular flexibility index (Phi) is 6.50. The molecule has 2 aromatic carbocycles. The van der Waals surface area contributed by atoms with Crippen LogP contribution in [0.3, 0.4) is 0 Å². The van der Waals surface area contributed by atoms with Crippen LogP contribution < -0.4 is 5.43 Å². The molecule has 2 rings (SSSR count). The lowest BCUT2D eigenvalue weighted by Gasteiger charge is -2.07. The first-order valence-electron chi connectivity index (χ1n) is 7.09. The molecule has 0 fully saturated rings. The van der Waals surface area contributed by atoms with Crippen LogP contribution in [-0.2, 0) is 9.53 Å². The van der Waals surface area contributed by atoms with Crippen LogP contribution in [0.4, 0.5) is 5.69 Å². The summed E-state index contributed by atoms with van der Waals surface area (Å²) in [5.74, 6) is -0.459. The van der Waals surface area contributed by atoms with E-state index in [9.17, 15) is 4.79 Å². The predicted octanol–water partition coefficient (Wildman–Crippen LogP) is 4.73. The number of esters is 1. The first-order valence-corrected chi connectivity index (χ1v) is 8.29. The zero-order valence-corrected chi connectivity index (χ0v) is 14.4. The molecule has 0 aliphatic carbocycles. The Balaban J connectivity index is 2.15. The van der Waals surface area contributed by atoms with Crippen LogP contribution in [0.15, 0.2) is 58.5 Å². The number of nitrogens with one attached hydrogen (secondary N) is 1. The Morgan fingerprint density at radius 1 is 1.17 bits per heavy atom. The first-order chi connectivity index (χ1) is 11.1. The molecule has 4 nitrogen and oxygen atoms in total. The van der Waals surface area contributed by atoms with Gasteiger partial charge in [0.1, 0.15) is 0 Å². The highest BCUT2D eigenvalue weighted by molar-refractivity contribution is 8.15. The molecule has 0 aliphatic heterocycles. The van der Waals surface area contributed by atoms with Gasteiger partial charge in [0.25, 0.3) is 0 Å². The highest BCUT2D eigenvalue weighted by atomic mass is 35.5. The molecule has 0 unspecified atom stereocenters. The highest BCUT2D eigenvalue weighted by Gasteiger charge is 2.15. The minimum Gasteiger partial charge on any atom is -0.461 e. The van der Waals surface area contributed by atoms with E-state index in [1.54, 1.807) is 31.2 Å². The Hall–Kier alpha value is -1.98. The quantitative estimate of drug-likeness (QED) is 0.285. The number of carbonyl (C=O) groups excluding carboxylic acids is 1. The van der Waals surface area contributed by atoms with Gasteiger partial charge in [-0.2, -0.15) is 5.10 Å². The third kappa shape index (κ3) is 5.62. The van der Waals surface area contributed by atoms with Crippen molar-refractivity contribution in [3.05, 3.63) is 59.1 Å². The van der Waals surface area contributed by atoms with Gasteiger partial charge in [0.2, 0.25) is 5.04 Å². The monoisotopic (exact) mass is 348 g/mol. The molecule has 23 heavy (non-hydrogen) atoms. The standard InChI is InChI=1S/C17H17ClN2O2S/c1-3-22-17(21)16(23-15-10-4-12(2)5-11-15)20-19-14-8-6-13(18)7-9-14/h4-11,19H,3H2,1-2H3/b20-16+. The Morgan fingerprint density at radius 2 is 1.83 bits per heavy atom. The Bertz CT molecular complexity index is 685. The molecule has 2 aromatic rings. The number of benzene rings is 2. The summed E-state index contributed by atoms with van der Waals surface area (Å²) >= 11 is 7.10. The average molecular weight is 349 g/mol. The maximum atomic E-state index is 12.1. The summed E-state index contributed by atoms with van der Waals surface area (Å²) in [4.78, 5) is 13.0. The molecule has 0 bridgehead atoms. The summed E-state index contributed by atoms with van der Waals surface area (Å²) in [6.45, 7) is 4.07. The second-order valence-corrected chi connectivity index (χ2v) is 6.17. The van der Waals surface area contributed by atoms with Crippen LogP contribution in [0.1, 0.15) is 12.5 Å². The lowest BCUT2D eigenvalue weighted by atomic mass is 10.2. The number of nitrogens with zero attached hydrogens (tertiary/aromatic N) is 1. The number of thioether (sulfide) groups is 1. The van der Waals surface area contributed by atoms with Gasteiger partial charge in [0.15, 0.2) is 0 Å². The second-order valence-electron chi connectivity index (χ2n) is 4.67. The van der Waals surface area contributed by atoms with Crippen molar-refractivity contribution in [1.82, 2.24) is 0 Å². The van der Waals surface area contributed by atoms with Crippen molar-refractivity contribution in [2.24, 2.45) is 5.10 Å². The number of anilines is 1. The predicted molar refractivity (Wildman–Crippen MR) is 96.2 cm³/mol. The summed E-state index contributed by atoms with van der Waals surface area (Å²) in [6, 6.07) is 14.9.